The van der Waals surface area contributed by atoms with E-state index in [1.54, 1.807) is 60.7 Å². The van der Waals surface area contributed by atoms with Gasteiger partial charge in [0.2, 0.25) is 0 Å². The summed E-state index contributed by atoms with van der Waals surface area (Å²) in [7, 11) is 0. The first kappa shape index (κ1) is 17.1. The Morgan fingerprint density at radius 3 is 1.96 bits per heavy atom. The lowest BCUT2D eigenvalue weighted by atomic mass is 10.1. The Labute approximate surface area is 144 Å². The van der Waals surface area contributed by atoms with Crippen molar-refractivity contribution in [3.63, 3.8) is 0 Å². The van der Waals surface area contributed by atoms with Crippen molar-refractivity contribution in [3.05, 3.63) is 71.8 Å². The number of aliphatic hydroxyl groups excluding tert-OH is 1. The third-order valence-corrected chi connectivity index (χ3v) is 3.82. The molecule has 0 bridgehead atoms. The van der Waals surface area contributed by atoms with Crippen LogP contribution in [0, 0.1) is 0 Å². The molecule has 6 heteroatoms. The van der Waals surface area contributed by atoms with E-state index in [2.05, 4.69) is 0 Å². The molecule has 0 aliphatic carbocycles. The number of carbonyl (C=O) groups excluding carboxylic acids is 2. The third kappa shape index (κ3) is 4.43. The molecule has 1 heterocycles. The maximum Gasteiger partial charge on any atom is 0.338 e. The minimum Gasteiger partial charge on any atom is -0.456 e. The monoisotopic (exact) mass is 342 g/mol. The lowest BCUT2D eigenvalue weighted by molar-refractivity contribution is -0.212. The highest BCUT2D eigenvalue weighted by Gasteiger charge is 2.35. The van der Waals surface area contributed by atoms with Crippen molar-refractivity contribution < 1.29 is 28.9 Å². The average molecular weight is 342 g/mol. The number of esters is 2. The van der Waals surface area contributed by atoms with Crippen molar-refractivity contribution in [1.29, 1.82) is 0 Å². The fraction of sp³-hybridized carbons (Fsp3) is 0.263. The Morgan fingerprint density at radius 2 is 1.40 bits per heavy atom. The summed E-state index contributed by atoms with van der Waals surface area (Å²) in [5, 5.41) is 9.89. The van der Waals surface area contributed by atoms with Crippen molar-refractivity contribution >= 4 is 11.9 Å². The molecule has 3 rings (SSSR count). The topological polar surface area (TPSA) is 82.1 Å². The van der Waals surface area contributed by atoms with Crippen LogP contribution in [0.4, 0.5) is 0 Å². The first-order valence-electron chi connectivity index (χ1n) is 7.95. The smallest absolute Gasteiger partial charge is 0.338 e. The van der Waals surface area contributed by atoms with Gasteiger partial charge in [-0.05, 0) is 24.3 Å². The Bertz CT molecular complexity index is 715. The molecule has 1 aliphatic rings. The predicted octanol–water partition coefficient (Wildman–Crippen LogP) is 2.18. The van der Waals surface area contributed by atoms with Crippen LogP contribution < -0.4 is 0 Å². The van der Waals surface area contributed by atoms with Crippen LogP contribution in [0.2, 0.25) is 0 Å². The summed E-state index contributed by atoms with van der Waals surface area (Å²) in [6.07, 6.45) is -2.60. The summed E-state index contributed by atoms with van der Waals surface area (Å²) in [6, 6.07) is 17.0. The summed E-state index contributed by atoms with van der Waals surface area (Å²) in [5.74, 6) is -1.05. The first-order chi connectivity index (χ1) is 12.1. The summed E-state index contributed by atoms with van der Waals surface area (Å²) >= 11 is 0. The zero-order valence-electron chi connectivity index (χ0n) is 13.4. The second-order valence-electron chi connectivity index (χ2n) is 5.66. The Morgan fingerprint density at radius 1 is 0.880 bits per heavy atom. The van der Waals surface area contributed by atoms with E-state index in [-0.39, 0.29) is 13.0 Å². The van der Waals surface area contributed by atoms with Gasteiger partial charge in [0.1, 0.15) is 6.10 Å². The van der Waals surface area contributed by atoms with Crippen molar-refractivity contribution in [2.24, 2.45) is 0 Å². The summed E-state index contributed by atoms with van der Waals surface area (Å²) < 4.78 is 15.9. The van der Waals surface area contributed by atoms with Crippen LogP contribution in [0.5, 0.6) is 0 Å². The SMILES string of the molecule is O=C(O[C@H]1CO[C@H](O)[C@H](OC(=O)c2ccccc2)C1)c1ccccc1. The van der Waals surface area contributed by atoms with E-state index in [4.69, 9.17) is 14.2 Å². The molecule has 0 unspecified atom stereocenters. The van der Waals surface area contributed by atoms with E-state index in [9.17, 15) is 14.7 Å². The minimum atomic E-state index is -1.25. The van der Waals surface area contributed by atoms with Crippen LogP contribution in [0.1, 0.15) is 27.1 Å². The van der Waals surface area contributed by atoms with Gasteiger partial charge in [-0.2, -0.15) is 0 Å². The molecule has 130 valence electrons. The van der Waals surface area contributed by atoms with E-state index < -0.39 is 30.4 Å². The maximum atomic E-state index is 12.1. The molecule has 0 saturated carbocycles. The van der Waals surface area contributed by atoms with Crippen LogP contribution in [0.25, 0.3) is 0 Å². The molecule has 0 aromatic heterocycles. The Kier molecular flexibility index (Phi) is 5.42. The zero-order chi connectivity index (χ0) is 17.6. The summed E-state index contributed by atoms with van der Waals surface area (Å²) in [6.45, 7) is 0.0408. The van der Waals surface area contributed by atoms with Gasteiger partial charge in [0.15, 0.2) is 12.4 Å². The number of aliphatic hydroxyl groups is 1. The molecule has 0 radical (unpaired) electrons. The summed E-state index contributed by atoms with van der Waals surface area (Å²) in [4.78, 5) is 24.2. The third-order valence-electron chi connectivity index (χ3n) is 3.82. The minimum absolute atomic E-state index is 0.0408. The van der Waals surface area contributed by atoms with Crippen molar-refractivity contribution in [1.82, 2.24) is 0 Å². The highest BCUT2D eigenvalue weighted by Crippen LogP contribution is 2.21. The van der Waals surface area contributed by atoms with Crippen LogP contribution in [-0.4, -0.2) is 42.1 Å². The second-order valence-corrected chi connectivity index (χ2v) is 5.66. The average Bonchev–Trinajstić information content (AvgIpc) is 2.66. The van der Waals surface area contributed by atoms with Gasteiger partial charge in [-0.3, -0.25) is 0 Å². The Hall–Kier alpha value is -2.70. The molecule has 1 aliphatic heterocycles. The first-order valence-corrected chi connectivity index (χ1v) is 7.95. The Balaban J connectivity index is 1.60. The van der Waals surface area contributed by atoms with Crippen LogP contribution >= 0.6 is 0 Å². The zero-order valence-corrected chi connectivity index (χ0v) is 13.4. The van der Waals surface area contributed by atoms with E-state index in [0.717, 1.165) is 0 Å². The molecule has 0 amide bonds. The highest BCUT2D eigenvalue weighted by atomic mass is 16.7. The van der Waals surface area contributed by atoms with Gasteiger partial charge in [-0.1, -0.05) is 36.4 Å². The van der Waals surface area contributed by atoms with E-state index in [1.165, 1.54) is 0 Å². The van der Waals surface area contributed by atoms with Gasteiger partial charge in [0, 0.05) is 6.42 Å². The number of hydrogen-bond donors (Lipinski definition) is 1. The largest absolute Gasteiger partial charge is 0.456 e. The van der Waals surface area contributed by atoms with Crippen LogP contribution in [0.15, 0.2) is 60.7 Å². The van der Waals surface area contributed by atoms with E-state index >= 15 is 0 Å². The van der Waals surface area contributed by atoms with Gasteiger partial charge < -0.3 is 19.3 Å². The van der Waals surface area contributed by atoms with E-state index in [0.29, 0.717) is 11.1 Å². The normalized spacial score (nSPS) is 22.8. The molecule has 25 heavy (non-hydrogen) atoms. The van der Waals surface area contributed by atoms with Gasteiger partial charge >= 0.3 is 11.9 Å². The summed E-state index contributed by atoms with van der Waals surface area (Å²) in [5.41, 5.74) is 0.796. The lowest BCUT2D eigenvalue weighted by Crippen LogP contribution is -2.45. The predicted molar refractivity (Wildman–Crippen MR) is 87.9 cm³/mol. The van der Waals surface area contributed by atoms with Crippen LogP contribution in [0.3, 0.4) is 0 Å². The molecule has 1 fully saturated rings. The standard InChI is InChI=1S/C19H18O6/c20-17(13-7-3-1-4-8-13)24-15-11-16(19(22)23-12-15)25-18(21)14-9-5-2-6-10-14/h1-10,15-16,19,22H,11-12H2/t15-,16-,19+/m1/s1. The van der Waals surface area contributed by atoms with Gasteiger partial charge in [-0.25, -0.2) is 9.59 Å². The number of hydrogen-bond acceptors (Lipinski definition) is 6. The quantitative estimate of drug-likeness (QED) is 0.858. The number of ether oxygens (including phenoxy) is 3. The van der Waals surface area contributed by atoms with E-state index in [1.807, 2.05) is 0 Å². The number of benzene rings is 2. The second kappa shape index (κ2) is 7.92. The molecule has 0 spiro atoms. The number of carbonyl (C=O) groups is 2. The molecular weight excluding hydrogens is 324 g/mol. The number of rotatable bonds is 4. The van der Waals surface area contributed by atoms with Crippen molar-refractivity contribution in [3.8, 4) is 0 Å². The van der Waals surface area contributed by atoms with Gasteiger partial charge in [0.05, 0.1) is 17.7 Å². The molecule has 6 nitrogen and oxygen atoms in total. The van der Waals surface area contributed by atoms with Crippen molar-refractivity contribution in [2.75, 3.05) is 6.61 Å². The molecule has 1 saturated heterocycles. The van der Waals surface area contributed by atoms with Gasteiger partial charge in [0.25, 0.3) is 0 Å². The molecule has 3 atom stereocenters. The lowest BCUT2D eigenvalue weighted by Gasteiger charge is -2.32. The highest BCUT2D eigenvalue weighted by molar-refractivity contribution is 5.90. The van der Waals surface area contributed by atoms with Crippen LogP contribution in [-0.2, 0) is 14.2 Å². The molecular formula is C19H18O6. The molecule has 2 aromatic carbocycles. The van der Waals surface area contributed by atoms with Gasteiger partial charge in [-0.15, -0.1) is 0 Å². The van der Waals surface area contributed by atoms with Crippen molar-refractivity contribution in [2.45, 2.75) is 24.9 Å². The molecule has 1 N–H and O–H groups in total. The fourth-order valence-electron chi connectivity index (χ4n) is 2.52. The molecule has 2 aromatic rings. The fourth-order valence-corrected chi connectivity index (χ4v) is 2.52. The maximum absolute atomic E-state index is 12.1.